The van der Waals surface area contributed by atoms with Gasteiger partial charge in [0, 0.05) is 25.2 Å². The van der Waals surface area contributed by atoms with Crippen LogP contribution in [0.1, 0.15) is 34.6 Å². The van der Waals surface area contributed by atoms with E-state index >= 15 is 0 Å². The van der Waals surface area contributed by atoms with Crippen molar-refractivity contribution < 1.29 is 4.74 Å². The fourth-order valence-electron chi connectivity index (χ4n) is 2.35. The summed E-state index contributed by atoms with van der Waals surface area (Å²) in [5, 5.41) is 0. The van der Waals surface area contributed by atoms with Crippen LogP contribution in [0.2, 0.25) is 0 Å². The molecule has 0 spiro atoms. The van der Waals surface area contributed by atoms with Gasteiger partial charge in [-0.1, -0.05) is 20.8 Å². The summed E-state index contributed by atoms with van der Waals surface area (Å²) in [6, 6.07) is 0.924. The van der Waals surface area contributed by atoms with E-state index in [4.69, 9.17) is 10.5 Å². The molecule has 1 saturated heterocycles. The van der Waals surface area contributed by atoms with Crippen LogP contribution in [0.25, 0.3) is 0 Å². The van der Waals surface area contributed by atoms with Gasteiger partial charge in [-0.2, -0.15) is 0 Å². The lowest BCUT2D eigenvalue weighted by Gasteiger charge is -2.46. The lowest BCUT2D eigenvalue weighted by molar-refractivity contribution is -0.0812. The SMILES string of the molecule is CC1CN(C(CN)C(C)(C)C)C(C)CO1. The third-order valence-corrected chi connectivity index (χ3v) is 3.28. The molecule has 2 N–H and O–H groups in total. The lowest BCUT2D eigenvalue weighted by atomic mass is 9.84. The zero-order valence-corrected chi connectivity index (χ0v) is 10.8. The molecule has 0 aromatic carbocycles. The molecule has 0 aliphatic carbocycles. The van der Waals surface area contributed by atoms with E-state index in [1.807, 2.05) is 0 Å². The van der Waals surface area contributed by atoms with E-state index in [2.05, 4.69) is 39.5 Å². The van der Waals surface area contributed by atoms with Crippen molar-refractivity contribution in [3.05, 3.63) is 0 Å². The second-order valence-corrected chi connectivity index (χ2v) is 5.81. The highest BCUT2D eigenvalue weighted by Crippen LogP contribution is 2.27. The van der Waals surface area contributed by atoms with Crippen LogP contribution < -0.4 is 5.73 Å². The second kappa shape index (κ2) is 4.81. The first-order valence-electron chi connectivity index (χ1n) is 5.93. The number of ether oxygens (including phenoxy) is 1. The normalized spacial score (nSPS) is 31.6. The molecular formula is C12H26N2O. The Morgan fingerprint density at radius 3 is 2.47 bits per heavy atom. The Labute approximate surface area is 94.0 Å². The van der Waals surface area contributed by atoms with E-state index in [0.29, 0.717) is 18.2 Å². The number of morpholine rings is 1. The van der Waals surface area contributed by atoms with E-state index in [-0.39, 0.29) is 5.41 Å². The highest BCUT2D eigenvalue weighted by Gasteiger charge is 2.35. The van der Waals surface area contributed by atoms with Gasteiger partial charge in [0.1, 0.15) is 0 Å². The average Bonchev–Trinajstić information content (AvgIpc) is 2.10. The van der Waals surface area contributed by atoms with Gasteiger partial charge in [0.2, 0.25) is 0 Å². The van der Waals surface area contributed by atoms with Gasteiger partial charge >= 0.3 is 0 Å². The number of rotatable bonds is 2. The molecule has 3 heteroatoms. The zero-order chi connectivity index (χ0) is 11.6. The Bertz CT molecular complexity index is 200. The van der Waals surface area contributed by atoms with Crippen molar-refractivity contribution in [3.8, 4) is 0 Å². The molecule has 0 bridgehead atoms. The van der Waals surface area contributed by atoms with Crippen molar-refractivity contribution in [1.29, 1.82) is 0 Å². The van der Waals surface area contributed by atoms with E-state index in [9.17, 15) is 0 Å². The molecular weight excluding hydrogens is 188 g/mol. The van der Waals surface area contributed by atoms with Crippen LogP contribution in [0.3, 0.4) is 0 Å². The van der Waals surface area contributed by atoms with Gasteiger partial charge in [0.25, 0.3) is 0 Å². The van der Waals surface area contributed by atoms with Gasteiger partial charge in [-0.05, 0) is 19.3 Å². The van der Waals surface area contributed by atoms with Crippen LogP contribution in [0.15, 0.2) is 0 Å². The van der Waals surface area contributed by atoms with Crippen molar-refractivity contribution in [1.82, 2.24) is 4.90 Å². The minimum atomic E-state index is 0.236. The number of nitrogens with zero attached hydrogens (tertiary/aromatic N) is 1. The molecule has 1 aliphatic heterocycles. The summed E-state index contributed by atoms with van der Waals surface area (Å²) in [7, 11) is 0. The standard InChI is InChI=1S/C12H26N2O/c1-9-8-15-10(2)7-14(9)11(6-13)12(3,4)5/h9-11H,6-8,13H2,1-5H3. The number of hydrogen-bond acceptors (Lipinski definition) is 3. The van der Waals surface area contributed by atoms with Crippen molar-refractivity contribution in [2.45, 2.75) is 52.8 Å². The molecule has 1 rings (SSSR count). The maximum Gasteiger partial charge on any atom is 0.0674 e. The molecule has 1 fully saturated rings. The van der Waals surface area contributed by atoms with Crippen molar-refractivity contribution in [3.63, 3.8) is 0 Å². The fourth-order valence-corrected chi connectivity index (χ4v) is 2.35. The third kappa shape index (κ3) is 3.16. The first-order valence-corrected chi connectivity index (χ1v) is 5.93. The summed E-state index contributed by atoms with van der Waals surface area (Å²) in [5.74, 6) is 0. The fraction of sp³-hybridized carbons (Fsp3) is 1.00. The maximum absolute atomic E-state index is 5.91. The van der Waals surface area contributed by atoms with Gasteiger partial charge < -0.3 is 10.5 Å². The predicted molar refractivity (Wildman–Crippen MR) is 63.9 cm³/mol. The van der Waals surface area contributed by atoms with Crippen LogP contribution in [0.5, 0.6) is 0 Å². The zero-order valence-electron chi connectivity index (χ0n) is 10.8. The smallest absolute Gasteiger partial charge is 0.0674 e. The summed E-state index contributed by atoms with van der Waals surface area (Å²) in [5.41, 5.74) is 6.15. The predicted octanol–water partition coefficient (Wildman–Crippen LogP) is 1.47. The first kappa shape index (κ1) is 12.9. The van der Waals surface area contributed by atoms with E-state index in [0.717, 1.165) is 19.7 Å². The summed E-state index contributed by atoms with van der Waals surface area (Å²) >= 11 is 0. The van der Waals surface area contributed by atoms with Crippen molar-refractivity contribution >= 4 is 0 Å². The largest absolute Gasteiger partial charge is 0.376 e. The first-order chi connectivity index (χ1) is 6.86. The van der Waals surface area contributed by atoms with Gasteiger partial charge in [-0.15, -0.1) is 0 Å². The molecule has 0 aromatic rings. The molecule has 0 amide bonds. The molecule has 3 atom stereocenters. The highest BCUT2D eigenvalue weighted by atomic mass is 16.5. The number of nitrogens with two attached hydrogens (primary N) is 1. The van der Waals surface area contributed by atoms with Crippen LogP contribution in [0.4, 0.5) is 0 Å². The summed E-state index contributed by atoms with van der Waals surface area (Å²) in [6.45, 7) is 13.7. The quantitative estimate of drug-likeness (QED) is 0.756. The van der Waals surface area contributed by atoms with Crippen LogP contribution in [-0.4, -0.2) is 42.8 Å². The van der Waals surface area contributed by atoms with Crippen molar-refractivity contribution in [2.24, 2.45) is 11.1 Å². The second-order valence-electron chi connectivity index (χ2n) is 5.81. The molecule has 0 radical (unpaired) electrons. The van der Waals surface area contributed by atoms with E-state index < -0.39 is 0 Å². The molecule has 3 nitrogen and oxygen atoms in total. The molecule has 1 aliphatic rings. The summed E-state index contributed by atoms with van der Waals surface area (Å²) < 4.78 is 5.65. The van der Waals surface area contributed by atoms with E-state index in [1.165, 1.54) is 0 Å². The highest BCUT2D eigenvalue weighted by molar-refractivity contribution is 4.89. The monoisotopic (exact) mass is 214 g/mol. The maximum atomic E-state index is 5.91. The summed E-state index contributed by atoms with van der Waals surface area (Å²) in [4.78, 5) is 2.51. The Hall–Kier alpha value is -0.120. The molecule has 3 unspecified atom stereocenters. The van der Waals surface area contributed by atoms with Gasteiger partial charge in [-0.25, -0.2) is 0 Å². The lowest BCUT2D eigenvalue weighted by Crippen LogP contribution is -2.58. The molecule has 90 valence electrons. The molecule has 15 heavy (non-hydrogen) atoms. The number of hydrogen-bond donors (Lipinski definition) is 1. The Morgan fingerprint density at radius 1 is 1.40 bits per heavy atom. The van der Waals surface area contributed by atoms with Crippen LogP contribution in [-0.2, 0) is 4.74 Å². The topological polar surface area (TPSA) is 38.5 Å². The Balaban J connectivity index is 2.73. The van der Waals surface area contributed by atoms with Gasteiger partial charge in [-0.3, -0.25) is 4.90 Å². The van der Waals surface area contributed by atoms with Crippen LogP contribution >= 0.6 is 0 Å². The Kier molecular flexibility index (Phi) is 4.15. The summed E-state index contributed by atoms with van der Waals surface area (Å²) in [6.07, 6.45) is 0.331. The van der Waals surface area contributed by atoms with E-state index in [1.54, 1.807) is 0 Å². The van der Waals surface area contributed by atoms with Crippen molar-refractivity contribution in [2.75, 3.05) is 19.7 Å². The van der Waals surface area contributed by atoms with Crippen LogP contribution in [0, 0.1) is 5.41 Å². The third-order valence-electron chi connectivity index (χ3n) is 3.28. The average molecular weight is 214 g/mol. The van der Waals surface area contributed by atoms with Gasteiger partial charge in [0.05, 0.1) is 12.7 Å². The minimum Gasteiger partial charge on any atom is -0.376 e. The molecule has 0 aromatic heterocycles. The molecule has 1 heterocycles. The Morgan fingerprint density at radius 2 is 2.00 bits per heavy atom. The molecule has 0 saturated carbocycles. The minimum absolute atomic E-state index is 0.236. The van der Waals surface area contributed by atoms with Gasteiger partial charge in [0.15, 0.2) is 0 Å².